The van der Waals surface area contributed by atoms with E-state index in [1.165, 1.54) is 5.57 Å². The molecule has 0 bridgehead atoms. The molecule has 0 aromatic heterocycles. The van der Waals surface area contributed by atoms with Crippen LogP contribution in [0.15, 0.2) is 85.0 Å². The van der Waals surface area contributed by atoms with Crippen LogP contribution in [-0.2, 0) is 9.47 Å². The van der Waals surface area contributed by atoms with Gasteiger partial charge in [-0.05, 0) is 47.5 Å². The number of hydrogen-bond acceptors (Lipinski definition) is 3. The maximum atomic E-state index is 12.3. The molecular formula is C31H40O3Si. The highest BCUT2D eigenvalue weighted by Crippen LogP contribution is 2.41. The molecule has 1 N–H and O–H groups in total. The first-order valence-corrected chi connectivity index (χ1v) is 14.6. The van der Waals surface area contributed by atoms with Crippen molar-refractivity contribution in [2.45, 2.75) is 75.7 Å². The van der Waals surface area contributed by atoms with Crippen molar-refractivity contribution in [2.24, 2.45) is 0 Å². The largest absolute Gasteiger partial charge is 0.424 e. The van der Waals surface area contributed by atoms with Gasteiger partial charge in [0.2, 0.25) is 0 Å². The summed E-state index contributed by atoms with van der Waals surface area (Å²) in [6.07, 6.45) is 14.7. The van der Waals surface area contributed by atoms with Crippen molar-refractivity contribution >= 4 is 18.7 Å². The minimum Gasteiger partial charge on any atom is -0.424 e. The average molecular weight is 489 g/mol. The topological polar surface area (TPSA) is 38.7 Å². The zero-order valence-corrected chi connectivity index (χ0v) is 22.5. The molecule has 1 aliphatic rings. The molecular weight excluding hydrogens is 448 g/mol. The average Bonchev–Trinajstić information content (AvgIpc) is 2.88. The van der Waals surface area contributed by atoms with E-state index in [0.29, 0.717) is 6.42 Å². The fourth-order valence-electron chi connectivity index (χ4n) is 5.05. The van der Waals surface area contributed by atoms with Gasteiger partial charge in [-0.2, -0.15) is 0 Å². The highest BCUT2D eigenvalue weighted by Gasteiger charge is 2.49. The summed E-state index contributed by atoms with van der Waals surface area (Å²) in [7, 11) is -1.26. The van der Waals surface area contributed by atoms with Crippen LogP contribution in [0.1, 0.15) is 52.4 Å². The van der Waals surface area contributed by atoms with Gasteiger partial charge in [-0.3, -0.25) is 0 Å². The minimum atomic E-state index is -2.99. The van der Waals surface area contributed by atoms with Gasteiger partial charge in [-0.25, -0.2) is 0 Å². The molecule has 2 aromatic rings. The van der Waals surface area contributed by atoms with Crippen molar-refractivity contribution < 1.29 is 14.3 Å². The maximum absolute atomic E-state index is 12.3. The van der Waals surface area contributed by atoms with Crippen LogP contribution in [0, 0.1) is 12.3 Å². The fourth-order valence-corrected chi connectivity index (χ4v) is 8.79. The Bertz CT molecular complexity index is 967. The standard InChI is InChI=1S/C31H40O3Si/c1-6-14-26-21-22-29(33-5)30(34-26)20-13-15-25(2)23-24-31(3,4)35(32,27-16-9-7-10-17-27)28-18-11-8-12-19-28/h1,7-12,16-19,21-22,26,29-30,32H,2,13-15,20,23-24H2,3-5H3/t26-,29+,30-/m1/s1. The predicted octanol–water partition coefficient (Wildman–Crippen LogP) is 5.39. The summed E-state index contributed by atoms with van der Waals surface area (Å²) in [6.45, 7) is 8.80. The van der Waals surface area contributed by atoms with E-state index in [4.69, 9.17) is 15.9 Å². The molecule has 4 heteroatoms. The third kappa shape index (κ3) is 6.62. The zero-order chi connectivity index (χ0) is 25.3. The fraction of sp³-hybridized carbons (Fsp3) is 0.419. The molecule has 0 saturated heterocycles. The molecule has 1 heterocycles. The Morgan fingerprint density at radius 1 is 1.06 bits per heavy atom. The Morgan fingerprint density at radius 3 is 2.20 bits per heavy atom. The monoisotopic (exact) mass is 488 g/mol. The molecule has 0 spiro atoms. The van der Waals surface area contributed by atoms with Crippen molar-refractivity contribution in [2.75, 3.05) is 7.11 Å². The van der Waals surface area contributed by atoms with Crippen LogP contribution in [-0.4, -0.2) is 38.5 Å². The number of hydrogen-bond donors (Lipinski definition) is 1. The predicted molar refractivity (Wildman–Crippen MR) is 148 cm³/mol. The second-order valence-corrected chi connectivity index (χ2v) is 14.1. The van der Waals surface area contributed by atoms with Gasteiger partial charge >= 0.3 is 0 Å². The smallest absolute Gasteiger partial charge is 0.258 e. The van der Waals surface area contributed by atoms with E-state index in [0.717, 1.165) is 42.5 Å². The van der Waals surface area contributed by atoms with Gasteiger partial charge in [0.1, 0.15) is 6.10 Å². The summed E-state index contributed by atoms with van der Waals surface area (Å²) >= 11 is 0. The molecule has 35 heavy (non-hydrogen) atoms. The molecule has 0 fully saturated rings. The highest BCUT2D eigenvalue weighted by molar-refractivity contribution is 6.98. The van der Waals surface area contributed by atoms with Crippen molar-refractivity contribution in [1.82, 2.24) is 0 Å². The maximum Gasteiger partial charge on any atom is 0.258 e. The summed E-state index contributed by atoms with van der Waals surface area (Å²) in [6, 6.07) is 20.4. The van der Waals surface area contributed by atoms with Crippen molar-refractivity contribution in [3.05, 3.63) is 85.0 Å². The first-order valence-electron chi connectivity index (χ1n) is 12.6. The Balaban J connectivity index is 1.61. The molecule has 3 atom stereocenters. The molecule has 0 saturated carbocycles. The molecule has 3 nitrogen and oxygen atoms in total. The van der Waals surface area contributed by atoms with E-state index in [1.54, 1.807) is 7.11 Å². The van der Waals surface area contributed by atoms with Gasteiger partial charge in [0.25, 0.3) is 8.32 Å². The van der Waals surface area contributed by atoms with Crippen LogP contribution in [0.2, 0.25) is 5.04 Å². The Kier molecular flexibility index (Phi) is 9.71. The third-order valence-corrected chi connectivity index (χ3v) is 11.9. The van der Waals surface area contributed by atoms with E-state index in [-0.39, 0.29) is 23.4 Å². The summed E-state index contributed by atoms with van der Waals surface area (Å²) < 4.78 is 11.7. The summed E-state index contributed by atoms with van der Waals surface area (Å²) in [4.78, 5) is 12.3. The Labute approximate surface area is 213 Å². The number of allylic oxidation sites excluding steroid dienone is 1. The molecule has 186 valence electrons. The van der Waals surface area contributed by atoms with E-state index in [2.05, 4.69) is 56.7 Å². The summed E-state index contributed by atoms with van der Waals surface area (Å²) in [5.74, 6) is 2.68. The van der Waals surface area contributed by atoms with Gasteiger partial charge in [0.05, 0.1) is 12.2 Å². The lowest BCUT2D eigenvalue weighted by Crippen LogP contribution is -2.65. The molecule has 2 aromatic carbocycles. The molecule has 0 radical (unpaired) electrons. The van der Waals surface area contributed by atoms with Crippen LogP contribution in [0.25, 0.3) is 0 Å². The molecule has 0 unspecified atom stereocenters. The van der Waals surface area contributed by atoms with E-state index >= 15 is 0 Å². The quantitative estimate of drug-likeness (QED) is 0.247. The Hall–Kier alpha value is -2.42. The SMILES string of the molecule is C#CC[C@@H]1C=C[C@H](OC)[C@@H](CCCC(=C)CCC(C)(C)[Si](O)(c2ccccc2)c2ccccc2)O1. The van der Waals surface area contributed by atoms with E-state index < -0.39 is 8.32 Å². The van der Waals surface area contributed by atoms with Gasteiger partial charge in [0.15, 0.2) is 0 Å². The summed E-state index contributed by atoms with van der Waals surface area (Å²) in [5.41, 5.74) is 1.22. The zero-order valence-electron chi connectivity index (χ0n) is 21.5. The molecule has 0 aliphatic carbocycles. The molecule has 1 aliphatic heterocycles. The number of terminal acetylenes is 1. The third-order valence-electron chi connectivity index (χ3n) is 7.31. The first kappa shape index (κ1) is 27.2. The number of ether oxygens (including phenoxy) is 2. The first-order chi connectivity index (χ1) is 16.8. The molecule has 3 rings (SSSR count). The van der Waals surface area contributed by atoms with Gasteiger partial charge in [-0.1, -0.05) is 98.8 Å². The molecule has 0 amide bonds. The lowest BCUT2D eigenvalue weighted by Gasteiger charge is -2.41. The van der Waals surface area contributed by atoms with Crippen LogP contribution in [0.5, 0.6) is 0 Å². The summed E-state index contributed by atoms with van der Waals surface area (Å²) in [5, 5.41) is 1.84. The van der Waals surface area contributed by atoms with Crippen LogP contribution in [0.4, 0.5) is 0 Å². The van der Waals surface area contributed by atoms with Crippen molar-refractivity contribution in [3.8, 4) is 12.3 Å². The minimum absolute atomic E-state index is 0.0150. The second-order valence-electron chi connectivity index (χ2n) is 10.2. The van der Waals surface area contributed by atoms with Crippen molar-refractivity contribution in [1.29, 1.82) is 0 Å². The van der Waals surface area contributed by atoms with Crippen molar-refractivity contribution in [3.63, 3.8) is 0 Å². The Morgan fingerprint density at radius 2 is 1.66 bits per heavy atom. The van der Waals surface area contributed by atoms with E-state index in [1.807, 2.05) is 42.5 Å². The van der Waals surface area contributed by atoms with E-state index in [9.17, 15) is 4.80 Å². The van der Waals surface area contributed by atoms with Gasteiger partial charge in [0, 0.05) is 13.5 Å². The second kappa shape index (κ2) is 12.5. The normalized spacial score (nSPS) is 20.4. The number of benzene rings is 2. The number of methoxy groups -OCH3 is 1. The number of rotatable bonds is 12. The van der Waals surface area contributed by atoms with Crippen LogP contribution < -0.4 is 10.4 Å². The highest BCUT2D eigenvalue weighted by atomic mass is 28.4. The van der Waals surface area contributed by atoms with Gasteiger partial charge < -0.3 is 14.3 Å². The van der Waals surface area contributed by atoms with Crippen LogP contribution in [0.3, 0.4) is 0 Å². The lowest BCUT2D eigenvalue weighted by atomic mass is 9.96. The van der Waals surface area contributed by atoms with Gasteiger partial charge in [-0.15, -0.1) is 12.3 Å². The lowest BCUT2D eigenvalue weighted by molar-refractivity contribution is -0.0721. The van der Waals surface area contributed by atoms with Crippen LogP contribution >= 0.6 is 0 Å².